The summed E-state index contributed by atoms with van der Waals surface area (Å²) in [4.78, 5) is 28.4. The average Bonchev–Trinajstić information content (AvgIpc) is 3.17. The minimum Gasteiger partial charge on any atom is -0.494 e. The fourth-order valence-electron chi connectivity index (χ4n) is 2.22. The SMILES string of the molecule is CCOc1ccc(-c2nc(C(=O)NNC(=O)c3ccc(F)cc3)cs2)cc1. The van der Waals surface area contributed by atoms with E-state index in [2.05, 4.69) is 15.8 Å². The fourth-order valence-corrected chi connectivity index (χ4v) is 3.03. The Bertz CT molecular complexity index is 940. The zero-order valence-electron chi connectivity index (χ0n) is 14.4. The Kier molecular flexibility index (Phi) is 5.77. The van der Waals surface area contributed by atoms with Crippen LogP contribution in [0.25, 0.3) is 10.6 Å². The van der Waals surface area contributed by atoms with Crippen molar-refractivity contribution in [2.75, 3.05) is 6.61 Å². The van der Waals surface area contributed by atoms with Crippen molar-refractivity contribution in [1.29, 1.82) is 0 Å². The number of nitrogens with zero attached hydrogens (tertiary/aromatic N) is 1. The molecule has 0 aliphatic carbocycles. The average molecular weight is 385 g/mol. The van der Waals surface area contributed by atoms with Crippen LogP contribution >= 0.6 is 11.3 Å². The van der Waals surface area contributed by atoms with Gasteiger partial charge in [0.15, 0.2) is 0 Å². The Morgan fingerprint density at radius 3 is 2.37 bits per heavy atom. The van der Waals surface area contributed by atoms with Crippen molar-refractivity contribution in [2.24, 2.45) is 0 Å². The van der Waals surface area contributed by atoms with Gasteiger partial charge in [-0.1, -0.05) is 0 Å². The maximum absolute atomic E-state index is 12.9. The predicted octanol–water partition coefficient (Wildman–Crippen LogP) is 3.42. The lowest BCUT2D eigenvalue weighted by atomic mass is 10.2. The number of halogens is 1. The summed E-state index contributed by atoms with van der Waals surface area (Å²) in [5.74, 6) is -0.775. The number of nitrogens with one attached hydrogen (secondary N) is 2. The molecule has 138 valence electrons. The monoisotopic (exact) mass is 385 g/mol. The number of hydrazine groups is 1. The molecule has 0 spiro atoms. The minimum atomic E-state index is -0.551. The first-order valence-electron chi connectivity index (χ1n) is 8.12. The van der Waals surface area contributed by atoms with E-state index in [-0.39, 0.29) is 11.3 Å². The lowest BCUT2D eigenvalue weighted by Gasteiger charge is -2.06. The number of carbonyl (C=O) groups is 2. The summed E-state index contributed by atoms with van der Waals surface area (Å²) in [7, 11) is 0. The first-order chi connectivity index (χ1) is 13.1. The molecule has 0 aliphatic rings. The van der Waals surface area contributed by atoms with Gasteiger partial charge in [0, 0.05) is 16.5 Å². The molecule has 0 saturated carbocycles. The van der Waals surface area contributed by atoms with Crippen molar-refractivity contribution in [3.8, 4) is 16.3 Å². The number of ether oxygens (including phenoxy) is 1. The molecule has 2 aromatic carbocycles. The maximum Gasteiger partial charge on any atom is 0.289 e. The standard InChI is InChI=1S/C19H16FN3O3S/c1-2-26-15-9-5-13(6-10-15)19-21-16(11-27-19)18(25)23-22-17(24)12-3-7-14(20)8-4-12/h3-11H,2H2,1H3,(H,22,24)(H,23,25). The van der Waals surface area contributed by atoms with Crippen LogP contribution in [0.1, 0.15) is 27.8 Å². The molecule has 1 aromatic heterocycles. The molecule has 27 heavy (non-hydrogen) atoms. The molecule has 0 radical (unpaired) electrons. The minimum absolute atomic E-state index is 0.184. The van der Waals surface area contributed by atoms with Crippen molar-refractivity contribution in [3.63, 3.8) is 0 Å². The summed E-state index contributed by atoms with van der Waals surface area (Å²) in [6.07, 6.45) is 0. The molecule has 0 saturated heterocycles. The van der Waals surface area contributed by atoms with Crippen molar-refractivity contribution in [2.45, 2.75) is 6.92 Å². The second-order valence-corrected chi connectivity index (χ2v) is 6.27. The Labute approximate surface area is 159 Å². The van der Waals surface area contributed by atoms with Crippen LogP contribution in [0.15, 0.2) is 53.9 Å². The summed E-state index contributed by atoms with van der Waals surface area (Å²) in [6, 6.07) is 12.4. The third kappa shape index (κ3) is 4.68. The zero-order chi connectivity index (χ0) is 19.2. The molecule has 2 N–H and O–H groups in total. The van der Waals surface area contributed by atoms with E-state index >= 15 is 0 Å². The molecule has 3 rings (SSSR count). The molecule has 8 heteroatoms. The molecule has 0 atom stereocenters. The number of aromatic nitrogens is 1. The van der Waals surface area contributed by atoms with Crippen LogP contribution in [0, 0.1) is 5.82 Å². The van der Waals surface area contributed by atoms with Gasteiger partial charge in [0.2, 0.25) is 0 Å². The lowest BCUT2D eigenvalue weighted by Crippen LogP contribution is -2.41. The van der Waals surface area contributed by atoms with Gasteiger partial charge in [-0.05, 0) is 55.5 Å². The molecule has 0 aliphatic heterocycles. The van der Waals surface area contributed by atoms with Gasteiger partial charge in [-0.3, -0.25) is 20.4 Å². The molecular formula is C19H16FN3O3S. The van der Waals surface area contributed by atoms with Crippen LogP contribution < -0.4 is 15.6 Å². The Morgan fingerprint density at radius 2 is 1.70 bits per heavy atom. The molecular weight excluding hydrogens is 369 g/mol. The number of hydrogen-bond donors (Lipinski definition) is 2. The number of amides is 2. The lowest BCUT2D eigenvalue weighted by molar-refractivity contribution is 0.0844. The normalized spacial score (nSPS) is 10.3. The summed E-state index contributed by atoms with van der Waals surface area (Å²) in [5, 5.41) is 2.28. The van der Waals surface area contributed by atoms with E-state index in [1.54, 1.807) is 5.38 Å². The quantitative estimate of drug-likeness (QED) is 0.660. The Morgan fingerprint density at radius 1 is 1.04 bits per heavy atom. The van der Waals surface area contributed by atoms with E-state index in [1.165, 1.54) is 35.6 Å². The van der Waals surface area contributed by atoms with Crippen LogP contribution in [0.5, 0.6) is 5.75 Å². The van der Waals surface area contributed by atoms with Crippen molar-refractivity contribution >= 4 is 23.2 Å². The van der Waals surface area contributed by atoms with E-state index in [9.17, 15) is 14.0 Å². The third-order valence-corrected chi connectivity index (χ3v) is 4.44. The smallest absolute Gasteiger partial charge is 0.289 e. The van der Waals surface area contributed by atoms with Gasteiger partial charge in [0.25, 0.3) is 11.8 Å². The number of hydrogen-bond acceptors (Lipinski definition) is 5. The molecule has 0 bridgehead atoms. The molecule has 3 aromatic rings. The van der Waals surface area contributed by atoms with Crippen LogP contribution in [0.2, 0.25) is 0 Å². The Balaban J connectivity index is 1.61. The van der Waals surface area contributed by atoms with Gasteiger partial charge < -0.3 is 4.74 Å². The number of benzene rings is 2. The maximum atomic E-state index is 12.9. The highest BCUT2D eigenvalue weighted by molar-refractivity contribution is 7.13. The number of carbonyl (C=O) groups excluding carboxylic acids is 2. The first-order valence-corrected chi connectivity index (χ1v) is 9.00. The zero-order valence-corrected chi connectivity index (χ0v) is 15.2. The van der Waals surface area contributed by atoms with Crippen molar-refractivity contribution < 1.29 is 18.7 Å². The topological polar surface area (TPSA) is 80.3 Å². The highest BCUT2D eigenvalue weighted by Crippen LogP contribution is 2.25. The van der Waals surface area contributed by atoms with Gasteiger partial charge >= 0.3 is 0 Å². The molecule has 0 unspecified atom stereocenters. The van der Waals surface area contributed by atoms with E-state index < -0.39 is 17.6 Å². The van der Waals surface area contributed by atoms with E-state index in [0.717, 1.165) is 11.3 Å². The largest absolute Gasteiger partial charge is 0.494 e. The van der Waals surface area contributed by atoms with E-state index in [4.69, 9.17) is 4.74 Å². The highest BCUT2D eigenvalue weighted by Gasteiger charge is 2.13. The van der Waals surface area contributed by atoms with Gasteiger partial charge in [0.05, 0.1) is 6.61 Å². The van der Waals surface area contributed by atoms with E-state index in [0.29, 0.717) is 11.6 Å². The van der Waals surface area contributed by atoms with Crippen LogP contribution in [-0.4, -0.2) is 23.4 Å². The summed E-state index contributed by atoms with van der Waals surface area (Å²) in [5.41, 5.74) is 5.84. The molecule has 1 heterocycles. The van der Waals surface area contributed by atoms with Crippen LogP contribution in [-0.2, 0) is 0 Å². The van der Waals surface area contributed by atoms with Gasteiger partial charge in [-0.2, -0.15) is 0 Å². The fraction of sp³-hybridized carbons (Fsp3) is 0.105. The van der Waals surface area contributed by atoms with Crippen LogP contribution in [0.3, 0.4) is 0 Å². The molecule has 2 amide bonds. The molecule has 6 nitrogen and oxygen atoms in total. The van der Waals surface area contributed by atoms with Gasteiger partial charge in [-0.15, -0.1) is 11.3 Å². The van der Waals surface area contributed by atoms with Crippen molar-refractivity contribution in [1.82, 2.24) is 15.8 Å². The van der Waals surface area contributed by atoms with Gasteiger partial charge in [0.1, 0.15) is 22.3 Å². The summed E-state index contributed by atoms with van der Waals surface area (Å²) >= 11 is 1.32. The number of rotatable bonds is 5. The second kappa shape index (κ2) is 8.41. The van der Waals surface area contributed by atoms with Gasteiger partial charge in [-0.25, -0.2) is 9.37 Å². The second-order valence-electron chi connectivity index (χ2n) is 5.41. The first kappa shape index (κ1) is 18.5. The van der Waals surface area contributed by atoms with Crippen molar-refractivity contribution in [3.05, 3.63) is 71.0 Å². The predicted molar refractivity (Wildman–Crippen MR) is 100 cm³/mol. The summed E-state index contributed by atoms with van der Waals surface area (Å²) < 4.78 is 18.3. The van der Waals surface area contributed by atoms with E-state index in [1.807, 2.05) is 31.2 Å². The number of thiazole rings is 1. The summed E-state index contributed by atoms with van der Waals surface area (Å²) in [6.45, 7) is 2.50. The third-order valence-electron chi connectivity index (χ3n) is 3.55. The van der Waals surface area contributed by atoms with Crippen LogP contribution in [0.4, 0.5) is 4.39 Å². The molecule has 0 fully saturated rings. The highest BCUT2D eigenvalue weighted by atomic mass is 32.1. The Hall–Kier alpha value is -3.26.